The first-order valence-electron chi connectivity index (χ1n) is 10.9. The Kier molecular flexibility index (Phi) is 6.09. The SMILES string of the molecule is O=C(Cn1cc([S+]([O-])N2CCCC2)ccc1=O)c1ccc(-c2ccc3ncccc3c2)cc1. The molecule has 1 saturated heterocycles. The van der Waals surface area contributed by atoms with E-state index < -0.39 is 11.4 Å². The molecule has 0 saturated carbocycles. The lowest BCUT2D eigenvalue weighted by Gasteiger charge is -2.19. The molecule has 2 aromatic carbocycles. The summed E-state index contributed by atoms with van der Waals surface area (Å²) in [5.74, 6) is -0.171. The minimum Gasteiger partial charge on any atom is -0.593 e. The molecule has 4 aromatic rings. The minimum atomic E-state index is -1.31. The van der Waals surface area contributed by atoms with Gasteiger partial charge in [0, 0.05) is 42.4 Å². The van der Waals surface area contributed by atoms with Gasteiger partial charge in [-0.05, 0) is 42.2 Å². The van der Waals surface area contributed by atoms with Crippen molar-refractivity contribution in [2.75, 3.05) is 13.1 Å². The van der Waals surface area contributed by atoms with Gasteiger partial charge in [0.15, 0.2) is 10.7 Å². The largest absolute Gasteiger partial charge is 0.593 e. The molecule has 1 unspecified atom stereocenters. The van der Waals surface area contributed by atoms with Crippen molar-refractivity contribution in [3.8, 4) is 11.1 Å². The van der Waals surface area contributed by atoms with Gasteiger partial charge in [-0.2, -0.15) is 0 Å². The summed E-state index contributed by atoms with van der Waals surface area (Å²) in [6, 6.07) is 20.3. The molecule has 1 aliphatic heterocycles. The second-order valence-corrected chi connectivity index (χ2v) is 9.61. The number of aromatic nitrogens is 2. The summed E-state index contributed by atoms with van der Waals surface area (Å²) >= 11 is -1.31. The molecule has 1 fully saturated rings. The maximum atomic E-state index is 12.9. The maximum Gasteiger partial charge on any atom is 0.251 e. The van der Waals surface area contributed by atoms with Gasteiger partial charge in [-0.15, -0.1) is 4.31 Å². The van der Waals surface area contributed by atoms with Crippen molar-refractivity contribution in [3.05, 3.63) is 95.0 Å². The highest BCUT2D eigenvalue weighted by Gasteiger charge is 2.26. The molecule has 0 N–H and O–H groups in total. The number of pyridine rings is 2. The summed E-state index contributed by atoms with van der Waals surface area (Å²) in [5.41, 5.74) is 3.22. The third kappa shape index (κ3) is 4.61. The van der Waals surface area contributed by atoms with E-state index in [0.29, 0.717) is 10.5 Å². The van der Waals surface area contributed by atoms with E-state index in [1.54, 1.807) is 30.6 Å². The predicted molar refractivity (Wildman–Crippen MR) is 129 cm³/mol. The minimum absolute atomic E-state index is 0.0924. The Morgan fingerprint density at radius 2 is 1.73 bits per heavy atom. The van der Waals surface area contributed by atoms with Crippen molar-refractivity contribution in [2.45, 2.75) is 24.3 Å². The lowest BCUT2D eigenvalue weighted by Crippen LogP contribution is -2.30. The number of carbonyl (C=O) groups excluding carboxylic acids is 1. The van der Waals surface area contributed by atoms with Crippen LogP contribution in [0.15, 0.2) is 88.8 Å². The maximum absolute atomic E-state index is 12.9. The first kappa shape index (κ1) is 21.6. The number of hydrogen-bond acceptors (Lipinski definition) is 5. The van der Waals surface area contributed by atoms with E-state index in [2.05, 4.69) is 11.1 Å². The number of fused-ring (bicyclic) bond motifs is 1. The number of ketones is 1. The van der Waals surface area contributed by atoms with E-state index in [4.69, 9.17) is 0 Å². The number of benzene rings is 2. The summed E-state index contributed by atoms with van der Waals surface area (Å²) in [4.78, 5) is 30.1. The first-order chi connectivity index (χ1) is 16.1. The summed E-state index contributed by atoms with van der Waals surface area (Å²) in [7, 11) is 0. The van der Waals surface area contributed by atoms with Crippen LogP contribution in [0.5, 0.6) is 0 Å². The van der Waals surface area contributed by atoms with Crippen molar-refractivity contribution in [1.82, 2.24) is 13.9 Å². The fourth-order valence-corrected chi connectivity index (χ4v) is 5.38. The predicted octanol–water partition coefficient (Wildman–Crippen LogP) is 4.06. The van der Waals surface area contributed by atoms with Crippen LogP contribution in [0.1, 0.15) is 23.2 Å². The van der Waals surface area contributed by atoms with Crippen LogP contribution >= 0.6 is 0 Å². The average Bonchev–Trinajstić information content (AvgIpc) is 3.40. The highest BCUT2D eigenvalue weighted by molar-refractivity contribution is 7.89. The Morgan fingerprint density at radius 1 is 0.970 bits per heavy atom. The number of carbonyl (C=O) groups is 1. The summed E-state index contributed by atoms with van der Waals surface area (Å²) < 4.78 is 16.0. The van der Waals surface area contributed by atoms with Gasteiger partial charge in [0.25, 0.3) is 5.56 Å². The van der Waals surface area contributed by atoms with Crippen LogP contribution in [-0.2, 0) is 17.9 Å². The number of Topliss-reactive ketones (excluding diaryl/α,β-unsaturated/α-hetero) is 1. The Balaban J connectivity index is 1.33. The zero-order chi connectivity index (χ0) is 22.8. The van der Waals surface area contributed by atoms with Crippen molar-refractivity contribution in [2.24, 2.45) is 0 Å². The van der Waals surface area contributed by atoms with Crippen molar-refractivity contribution < 1.29 is 9.35 Å². The van der Waals surface area contributed by atoms with E-state index in [9.17, 15) is 14.1 Å². The molecule has 1 aliphatic rings. The monoisotopic (exact) mass is 457 g/mol. The first-order valence-corrected chi connectivity index (χ1v) is 12.0. The fourth-order valence-electron chi connectivity index (χ4n) is 4.09. The van der Waals surface area contributed by atoms with Crippen LogP contribution in [0.2, 0.25) is 0 Å². The van der Waals surface area contributed by atoms with E-state index in [-0.39, 0.29) is 17.9 Å². The molecule has 5 rings (SSSR count). The molecule has 0 amide bonds. The zero-order valence-electron chi connectivity index (χ0n) is 18.0. The van der Waals surface area contributed by atoms with Gasteiger partial charge in [-0.3, -0.25) is 14.6 Å². The number of rotatable bonds is 6. The highest BCUT2D eigenvalue weighted by Crippen LogP contribution is 2.24. The zero-order valence-corrected chi connectivity index (χ0v) is 18.8. The molecule has 33 heavy (non-hydrogen) atoms. The quantitative estimate of drug-likeness (QED) is 0.322. The Labute approximate surface area is 194 Å². The molecule has 166 valence electrons. The van der Waals surface area contributed by atoms with Crippen molar-refractivity contribution >= 4 is 28.0 Å². The van der Waals surface area contributed by atoms with Crippen LogP contribution in [0.4, 0.5) is 0 Å². The third-order valence-corrected chi connectivity index (χ3v) is 7.39. The lowest BCUT2D eigenvalue weighted by molar-refractivity contribution is 0.0970. The highest BCUT2D eigenvalue weighted by atomic mass is 32.2. The molecule has 6 nitrogen and oxygen atoms in total. The third-order valence-electron chi connectivity index (χ3n) is 5.91. The van der Waals surface area contributed by atoms with Gasteiger partial charge in [-0.1, -0.05) is 36.4 Å². The molecule has 7 heteroatoms. The molecule has 0 bridgehead atoms. The summed E-state index contributed by atoms with van der Waals surface area (Å²) in [6.07, 6.45) is 5.37. The van der Waals surface area contributed by atoms with Crippen LogP contribution in [0, 0.1) is 0 Å². The van der Waals surface area contributed by atoms with Gasteiger partial charge in [-0.25, -0.2) is 0 Å². The standard InChI is InChI=1S/C26H23N3O3S/c30-25(18-28-17-23(10-12-26(28)31)33(32)29-14-1-2-15-29)20-7-5-19(6-8-20)21-9-11-24-22(16-21)4-3-13-27-24/h3-13,16-17H,1-2,14-15,18H2. The van der Waals surface area contributed by atoms with Crippen LogP contribution in [0.3, 0.4) is 0 Å². The Bertz CT molecular complexity index is 1360. The molecule has 0 spiro atoms. The average molecular weight is 458 g/mol. The lowest BCUT2D eigenvalue weighted by atomic mass is 10.0. The Hall–Kier alpha value is -3.26. The van der Waals surface area contributed by atoms with Crippen LogP contribution < -0.4 is 5.56 Å². The smallest absolute Gasteiger partial charge is 0.251 e. The summed E-state index contributed by atoms with van der Waals surface area (Å²) in [5, 5.41) is 1.06. The van der Waals surface area contributed by atoms with Gasteiger partial charge >= 0.3 is 0 Å². The van der Waals surface area contributed by atoms with Gasteiger partial charge in [0.2, 0.25) is 0 Å². The summed E-state index contributed by atoms with van der Waals surface area (Å²) in [6.45, 7) is 1.47. The van der Waals surface area contributed by atoms with Crippen LogP contribution in [-0.4, -0.2) is 37.3 Å². The number of nitrogens with zero attached hydrogens (tertiary/aromatic N) is 3. The van der Waals surface area contributed by atoms with E-state index in [1.807, 2.05) is 40.7 Å². The van der Waals surface area contributed by atoms with E-state index in [0.717, 1.165) is 48.0 Å². The second-order valence-electron chi connectivity index (χ2n) is 8.13. The molecule has 1 atom stereocenters. The topological polar surface area (TPSA) is 78.3 Å². The molecule has 3 heterocycles. The Morgan fingerprint density at radius 3 is 2.52 bits per heavy atom. The van der Waals surface area contributed by atoms with Crippen molar-refractivity contribution in [1.29, 1.82) is 0 Å². The van der Waals surface area contributed by atoms with E-state index in [1.165, 1.54) is 10.6 Å². The van der Waals surface area contributed by atoms with Gasteiger partial charge in [0.1, 0.15) is 0 Å². The van der Waals surface area contributed by atoms with E-state index >= 15 is 0 Å². The molecular weight excluding hydrogens is 434 g/mol. The normalized spacial score (nSPS) is 15.1. The number of hydrogen-bond donors (Lipinski definition) is 0. The fraction of sp³-hybridized carbons (Fsp3) is 0.192. The van der Waals surface area contributed by atoms with Crippen molar-refractivity contribution in [3.63, 3.8) is 0 Å². The molecule has 0 aliphatic carbocycles. The molecular formula is C26H23N3O3S. The molecule has 0 radical (unpaired) electrons. The van der Waals surface area contributed by atoms with Gasteiger partial charge < -0.3 is 9.12 Å². The van der Waals surface area contributed by atoms with Crippen LogP contribution in [0.25, 0.3) is 22.0 Å². The molecule has 2 aromatic heterocycles. The van der Waals surface area contributed by atoms with Gasteiger partial charge in [0.05, 0.1) is 29.6 Å². The second kappa shape index (κ2) is 9.31.